The molecule has 182 valence electrons. The quantitative estimate of drug-likeness (QED) is 0.248. The molecule has 4 aliphatic heterocycles. The van der Waals surface area contributed by atoms with Gasteiger partial charge in [0.2, 0.25) is 11.8 Å². The first kappa shape index (κ1) is 24.0. The molecule has 3 saturated heterocycles. The average molecular weight is 480 g/mol. The maximum Gasteiger partial charge on any atom is 0.353 e. The lowest BCUT2D eigenvalue weighted by Crippen LogP contribution is -2.63. The molecule has 4 heterocycles. The standard InChI is InChI=1S/C22H33N5O5S/c1-11-17-16(12(2)28)21(30)27(17)18(22(31)32)19(11)33-14-9-15(26(10-14)13(3)23)20(29)25-7-4-5-24-6-8-25/h11-12,14-17,23-24,28H,4-10H2,1-3H3,(H,31,32)/t11-,12-,14+,15+,16-,17-/m1/s1. The van der Waals surface area contributed by atoms with Gasteiger partial charge in [0, 0.05) is 42.3 Å². The molecule has 0 spiro atoms. The third-order valence-electron chi connectivity index (χ3n) is 7.24. The number of hydrogen-bond donors (Lipinski definition) is 4. The zero-order valence-electron chi connectivity index (χ0n) is 19.3. The Labute approximate surface area is 197 Å². The highest BCUT2D eigenvalue weighted by molar-refractivity contribution is 8.03. The summed E-state index contributed by atoms with van der Waals surface area (Å²) >= 11 is 1.42. The van der Waals surface area contributed by atoms with Crippen molar-refractivity contribution in [1.29, 1.82) is 5.41 Å². The van der Waals surface area contributed by atoms with Crippen molar-refractivity contribution in [3.05, 3.63) is 10.6 Å². The minimum atomic E-state index is -1.15. The van der Waals surface area contributed by atoms with Crippen molar-refractivity contribution in [3.63, 3.8) is 0 Å². The first-order chi connectivity index (χ1) is 15.6. The minimum Gasteiger partial charge on any atom is -0.477 e. The Morgan fingerprint density at radius 1 is 1.27 bits per heavy atom. The van der Waals surface area contributed by atoms with Gasteiger partial charge in [0.15, 0.2) is 0 Å². The van der Waals surface area contributed by atoms with Crippen LogP contribution in [0.2, 0.25) is 0 Å². The number of likely N-dealkylation sites (tertiary alicyclic amines) is 1. The maximum absolute atomic E-state index is 13.3. The smallest absolute Gasteiger partial charge is 0.353 e. The molecule has 4 aliphatic rings. The number of aliphatic hydroxyl groups excluding tert-OH is 1. The van der Waals surface area contributed by atoms with Crippen molar-refractivity contribution in [1.82, 2.24) is 20.0 Å². The van der Waals surface area contributed by atoms with E-state index in [2.05, 4.69) is 5.32 Å². The van der Waals surface area contributed by atoms with E-state index in [4.69, 9.17) is 5.41 Å². The predicted molar refractivity (Wildman–Crippen MR) is 124 cm³/mol. The monoisotopic (exact) mass is 479 g/mol. The van der Waals surface area contributed by atoms with Crippen molar-refractivity contribution in [3.8, 4) is 0 Å². The fourth-order valence-corrected chi connectivity index (χ4v) is 7.15. The van der Waals surface area contributed by atoms with Crippen LogP contribution in [0.15, 0.2) is 10.6 Å². The third kappa shape index (κ3) is 4.15. The molecule has 4 rings (SSSR count). The highest BCUT2D eigenvalue weighted by Gasteiger charge is 2.60. The molecule has 0 radical (unpaired) electrons. The number of rotatable bonds is 5. The SMILES string of the molecule is CC(=N)N1C[C@@H](SC2=C(C(=O)O)N3C(=O)[C@H]([C@@H](C)O)[C@H]3[C@H]2C)C[C@H]1C(=O)N1CCCNCC1. The number of fused-ring (bicyclic) bond motifs is 1. The highest BCUT2D eigenvalue weighted by atomic mass is 32.2. The molecule has 0 aromatic rings. The summed E-state index contributed by atoms with van der Waals surface area (Å²) < 4.78 is 0. The minimum absolute atomic E-state index is 0.00546. The summed E-state index contributed by atoms with van der Waals surface area (Å²) in [4.78, 5) is 43.6. The molecular weight excluding hydrogens is 446 g/mol. The van der Waals surface area contributed by atoms with Gasteiger partial charge in [-0.25, -0.2) is 4.79 Å². The van der Waals surface area contributed by atoms with Crippen LogP contribution in [0.3, 0.4) is 0 Å². The predicted octanol–water partition coefficient (Wildman–Crippen LogP) is 0.135. The lowest BCUT2D eigenvalue weighted by Gasteiger charge is -2.46. The summed E-state index contributed by atoms with van der Waals surface area (Å²) in [5.41, 5.74) is 0.00546. The van der Waals surface area contributed by atoms with E-state index in [-0.39, 0.29) is 34.7 Å². The lowest BCUT2D eigenvalue weighted by atomic mass is 9.79. The number of amides is 2. The molecular formula is C22H33N5O5S. The van der Waals surface area contributed by atoms with E-state index >= 15 is 0 Å². The first-order valence-corrected chi connectivity index (χ1v) is 12.5. The Bertz CT molecular complexity index is 884. The molecule has 3 fully saturated rings. The fourth-order valence-electron chi connectivity index (χ4n) is 5.62. The summed E-state index contributed by atoms with van der Waals surface area (Å²) in [7, 11) is 0. The number of aliphatic carboxylic acids is 1. The molecule has 0 bridgehead atoms. The van der Waals surface area contributed by atoms with Gasteiger partial charge in [0.1, 0.15) is 11.7 Å². The van der Waals surface area contributed by atoms with Crippen LogP contribution in [0.25, 0.3) is 0 Å². The van der Waals surface area contributed by atoms with E-state index < -0.39 is 24.0 Å². The second-order valence-corrected chi connectivity index (χ2v) is 10.8. The lowest BCUT2D eigenvalue weighted by molar-refractivity contribution is -0.163. The largest absolute Gasteiger partial charge is 0.477 e. The molecule has 0 aromatic heterocycles. The number of carbonyl (C=O) groups is 3. The molecule has 0 saturated carbocycles. The van der Waals surface area contributed by atoms with E-state index in [0.717, 1.165) is 19.5 Å². The normalized spacial score (nSPS) is 33.0. The van der Waals surface area contributed by atoms with Gasteiger partial charge in [-0.3, -0.25) is 15.0 Å². The number of amidine groups is 1. The molecule has 0 unspecified atom stereocenters. The van der Waals surface area contributed by atoms with Gasteiger partial charge >= 0.3 is 5.97 Å². The van der Waals surface area contributed by atoms with E-state index in [0.29, 0.717) is 36.8 Å². The molecule has 11 heteroatoms. The van der Waals surface area contributed by atoms with Crippen LogP contribution < -0.4 is 5.32 Å². The fraction of sp³-hybridized carbons (Fsp3) is 0.727. The molecule has 2 amide bonds. The number of carbonyl (C=O) groups excluding carboxylic acids is 2. The van der Waals surface area contributed by atoms with Crippen molar-refractivity contribution < 1.29 is 24.6 Å². The Morgan fingerprint density at radius 3 is 2.64 bits per heavy atom. The summed E-state index contributed by atoms with van der Waals surface area (Å²) in [6, 6.07) is -0.789. The summed E-state index contributed by atoms with van der Waals surface area (Å²) in [6.07, 6.45) is 0.571. The maximum atomic E-state index is 13.3. The summed E-state index contributed by atoms with van der Waals surface area (Å²) in [5.74, 6) is -1.95. The summed E-state index contributed by atoms with van der Waals surface area (Å²) in [5, 5.41) is 31.4. The van der Waals surface area contributed by atoms with E-state index in [1.807, 2.05) is 16.7 Å². The van der Waals surface area contributed by atoms with Crippen molar-refractivity contribution >= 4 is 35.4 Å². The van der Waals surface area contributed by atoms with Gasteiger partial charge in [0.25, 0.3) is 0 Å². The molecule has 10 nitrogen and oxygen atoms in total. The van der Waals surface area contributed by atoms with Gasteiger partial charge < -0.3 is 30.2 Å². The second kappa shape index (κ2) is 9.27. The molecule has 6 atom stereocenters. The number of hydrogen-bond acceptors (Lipinski definition) is 7. The summed E-state index contributed by atoms with van der Waals surface area (Å²) in [6.45, 7) is 8.59. The molecule has 0 aliphatic carbocycles. The Hall–Kier alpha value is -2.11. The van der Waals surface area contributed by atoms with Crippen LogP contribution in [0, 0.1) is 17.2 Å². The Balaban J connectivity index is 1.54. The van der Waals surface area contributed by atoms with Crippen molar-refractivity contribution in [2.45, 2.75) is 57.1 Å². The van der Waals surface area contributed by atoms with E-state index in [1.54, 1.807) is 13.8 Å². The number of β-lactam (4-membered cyclic amide) rings is 1. The topological polar surface area (TPSA) is 137 Å². The van der Waals surface area contributed by atoms with Gasteiger partial charge in [-0.05, 0) is 33.2 Å². The third-order valence-corrected chi connectivity index (χ3v) is 8.73. The second-order valence-electron chi connectivity index (χ2n) is 9.43. The number of thioether (sulfide) groups is 1. The van der Waals surface area contributed by atoms with Crippen LogP contribution in [0.4, 0.5) is 0 Å². The number of nitrogens with zero attached hydrogens (tertiary/aromatic N) is 3. The highest BCUT2D eigenvalue weighted by Crippen LogP contribution is 2.52. The molecule has 33 heavy (non-hydrogen) atoms. The number of nitrogens with one attached hydrogen (secondary N) is 2. The number of carboxylic acids is 1. The van der Waals surface area contributed by atoms with Crippen molar-refractivity contribution in [2.24, 2.45) is 11.8 Å². The van der Waals surface area contributed by atoms with Gasteiger partial charge in [-0.2, -0.15) is 0 Å². The van der Waals surface area contributed by atoms with Gasteiger partial charge in [0.05, 0.1) is 23.9 Å². The van der Waals surface area contributed by atoms with Gasteiger partial charge in [-0.15, -0.1) is 11.8 Å². The van der Waals surface area contributed by atoms with Crippen LogP contribution in [-0.4, -0.2) is 105 Å². The Kier molecular flexibility index (Phi) is 6.75. The van der Waals surface area contributed by atoms with Gasteiger partial charge in [-0.1, -0.05) is 6.92 Å². The van der Waals surface area contributed by atoms with Crippen molar-refractivity contribution in [2.75, 3.05) is 32.7 Å². The van der Waals surface area contributed by atoms with Crippen LogP contribution >= 0.6 is 11.8 Å². The zero-order valence-corrected chi connectivity index (χ0v) is 20.1. The van der Waals surface area contributed by atoms with E-state index in [9.17, 15) is 24.6 Å². The number of carboxylic acid groups (broad SMARTS) is 1. The van der Waals surface area contributed by atoms with Crippen LogP contribution in [-0.2, 0) is 14.4 Å². The first-order valence-electron chi connectivity index (χ1n) is 11.6. The average Bonchev–Trinajstić information content (AvgIpc) is 3.12. The van der Waals surface area contributed by atoms with Crippen LogP contribution in [0.1, 0.15) is 33.6 Å². The molecule has 4 N–H and O–H groups in total. The van der Waals surface area contributed by atoms with Crippen LogP contribution in [0.5, 0.6) is 0 Å². The Morgan fingerprint density at radius 2 is 2.00 bits per heavy atom. The number of aliphatic hydroxyl groups is 1. The van der Waals surface area contributed by atoms with E-state index in [1.165, 1.54) is 16.7 Å². The zero-order chi connectivity index (χ0) is 24.0. The molecule has 0 aromatic carbocycles.